The Labute approximate surface area is 156 Å². The number of rotatable bonds is 5. The van der Waals surface area contributed by atoms with E-state index in [0.29, 0.717) is 37.2 Å². The van der Waals surface area contributed by atoms with Gasteiger partial charge in [0.2, 0.25) is 15.9 Å². The number of likely N-dealkylation sites (tertiary alicyclic amines) is 1. The Morgan fingerprint density at radius 2 is 1.81 bits per heavy atom. The smallest absolute Gasteiger partial charge is 0.243 e. The van der Waals surface area contributed by atoms with Crippen molar-refractivity contribution in [2.45, 2.75) is 38.0 Å². The molecule has 1 amide bonds. The second-order valence-electron chi connectivity index (χ2n) is 7.83. The van der Waals surface area contributed by atoms with E-state index in [1.165, 1.54) is 10.7 Å². The number of nitrogens with one attached hydrogen (secondary N) is 1. The molecule has 0 spiro atoms. The second kappa shape index (κ2) is 8.06. The van der Waals surface area contributed by atoms with Crippen molar-refractivity contribution in [1.82, 2.24) is 9.21 Å². The molecule has 1 N–H and O–H groups in total. The molecule has 1 aromatic rings. The molecule has 2 heterocycles. The summed E-state index contributed by atoms with van der Waals surface area (Å²) in [5.41, 5.74) is 0.536. The third-order valence-corrected chi connectivity index (χ3v) is 7.03. The van der Waals surface area contributed by atoms with Gasteiger partial charge in [-0.15, -0.1) is 0 Å². The van der Waals surface area contributed by atoms with Gasteiger partial charge in [-0.3, -0.25) is 9.69 Å². The largest absolute Gasteiger partial charge is 0.325 e. The van der Waals surface area contributed by atoms with Crippen molar-refractivity contribution in [3.05, 3.63) is 24.3 Å². The molecule has 7 heteroatoms. The van der Waals surface area contributed by atoms with Gasteiger partial charge < -0.3 is 5.32 Å². The number of carbonyl (C=O) groups is 1. The highest BCUT2D eigenvalue weighted by molar-refractivity contribution is 7.89. The minimum atomic E-state index is -3.47. The highest BCUT2D eigenvalue weighted by Crippen LogP contribution is 2.24. The fraction of sp³-hybridized carbons (Fsp3) is 0.632. The predicted octanol–water partition coefficient (Wildman–Crippen LogP) is 2.39. The predicted molar refractivity (Wildman–Crippen MR) is 102 cm³/mol. The van der Waals surface area contributed by atoms with E-state index >= 15 is 0 Å². The molecule has 3 rings (SSSR count). The van der Waals surface area contributed by atoms with Crippen LogP contribution in [0.3, 0.4) is 0 Å². The number of anilines is 1. The van der Waals surface area contributed by atoms with Gasteiger partial charge in [0, 0.05) is 31.9 Å². The Morgan fingerprint density at radius 1 is 1.15 bits per heavy atom. The maximum Gasteiger partial charge on any atom is 0.243 e. The van der Waals surface area contributed by atoms with Crippen molar-refractivity contribution in [1.29, 1.82) is 0 Å². The zero-order valence-corrected chi connectivity index (χ0v) is 16.5. The minimum absolute atomic E-state index is 0.0954. The lowest BCUT2D eigenvalue weighted by atomic mass is 9.92. The molecule has 0 radical (unpaired) electrons. The average molecular weight is 380 g/mol. The van der Waals surface area contributed by atoms with E-state index in [-0.39, 0.29) is 10.8 Å². The van der Waals surface area contributed by atoms with Crippen LogP contribution in [0.2, 0.25) is 0 Å². The molecule has 0 bridgehead atoms. The van der Waals surface area contributed by atoms with Crippen molar-refractivity contribution >= 4 is 21.6 Å². The number of carbonyl (C=O) groups excluding carboxylic acids is 1. The molecule has 0 aromatic heterocycles. The molecule has 144 valence electrons. The maximum atomic E-state index is 12.7. The molecule has 26 heavy (non-hydrogen) atoms. The van der Waals surface area contributed by atoms with Gasteiger partial charge in [-0.05, 0) is 49.3 Å². The molecule has 2 saturated heterocycles. The van der Waals surface area contributed by atoms with Crippen LogP contribution in [-0.4, -0.2) is 56.3 Å². The van der Waals surface area contributed by atoms with E-state index in [0.717, 1.165) is 25.9 Å². The van der Waals surface area contributed by atoms with Gasteiger partial charge in [0.25, 0.3) is 0 Å². The van der Waals surface area contributed by atoms with Crippen molar-refractivity contribution in [3.8, 4) is 0 Å². The fourth-order valence-electron chi connectivity index (χ4n) is 4.14. The van der Waals surface area contributed by atoms with E-state index in [1.807, 2.05) is 0 Å². The molecule has 6 nitrogen and oxygen atoms in total. The van der Waals surface area contributed by atoms with Gasteiger partial charge in [0.05, 0.1) is 11.4 Å². The number of benzene rings is 1. The monoisotopic (exact) mass is 379 g/mol. The summed E-state index contributed by atoms with van der Waals surface area (Å²) in [6.07, 6.45) is 3.01. The lowest BCUT2D eigenvalue weighted by Gasteiger charge is -2.34. The summed E-state index contributed by atoms with van der Waals surface area (Å²) in [6.45, 7) is 7.79. The van der Waals surface area contributed by atoms with Crippen LogP contribution in [-0.2, 0) is 14.8 Å². The van der Waals surface area contributed by atoms with Gasteiger partial charge in [0.15, 0.2) is 0 Å². The Kier molecular flexibility index (Phi) is 5.99. The van der Waals surface area contributed by atoms with Gasteiger partial charge in [-0.1, -0.05) is 19.9 Å². The fourth-order valence-corrected chi connectivity index (χ4v) is 5.70. The highest BCUT2D eigenvalue weighted by atomic mass is 32.2. The van der Waals surface area contributed by atoms with Gasteiger partial charge in [-0.2, -0.15) is 4.31 Å². The molecule has 2 atom stereocenters. The summed E-state index contributed by atoms with van der Waals surface area (Å²) in [4.78, 5) is 14.8. The Morgan fingerprint density at radius 3 is 2.46 bits per heavy atom. The highest BCUT2D eigenvalue weighted by Gasteiger charge is 2.27. The summed E-state index contributed by atoms with van der Waals surface area (Å²) in [6, 6.07) is 6.58. The first kappa shape index (κ1) is 19.3. The van der Waals surface area contributed by atoms with E-state index in [1.54, 1.807) is 24.3 Å². The Bertz CT molecular complexity index is 734. The number of amides is 1. The van der Waals surface area contributed by atoms with Crippen molar-refractivity contribution in [3.63, 3.8) is 0 Å². The molecular weight excluding hydrogens is 350 g/mol. The second-order valence-corrected chi connectivity index (χ2v) is 9.77. The van der Waals surface area contributed by atoms with Crippen LogP contribution in [0.25, 0.3) is 0 Å². The van der Waals surface area contributed by atoms with Crippen LogP contribution >= 0.6 is 0 Å². The van der Waals surface area contributed by atoms with Crippen molar-refractivity contribution < 1.29 is 13.2 Å². The van der Waals surface area contributed by atoms with E-state index in [9.17, 15) is 13.2 Å². The van der Waals surface area contributed by atoms with Gasteiger partial charge in [0.1, 0.15) is 0 Å². The summed E-state index contributed by atoms with van der Waals surface area (Å²) in [5, 5.41) is 2.86. The van der Waals surface area contributed by atoms with Crippen LogP contribution < -0.4 is 5.32 Å². The summed E-state index contributed by atoms with van der Waals surface area (Å²) < 4.78 is 26.9. The van der Waals surface area contributed by atoms with Crippen LogP contribution in [0.4, 0.5) is 5.69 Å². The lowest BCUT2D eigenvalue weighted by molar-refractivity contribution is -0.117. The van der Waals surface area contributed by atoms with Gasteiger partial charge >= 0.3 is 0 Å². The van der Waals surface area contributed by atoms with E-state index < -0.39 is 10.0 Å². The molecule has 2 unspecified atom stereocenters. The first-order chi connectivity index (χ1) is 12.3. The molecule has 0 aliphatic carbocycles. The SMILES string of the molecule is CC1CC(C)CN(CC(=O)Nc2cccc(S(=O)(=O)N3CCCC3)c2)C1. The van der Waals surface area contributed by atoms with Crippen LogP contribution in [0.1, 0.15) is 33.1 Å². The molecule has 2 aliphatic heterocycles. The number of piperidine rings is 1. The molecule has 2 fully saturated rings. The zero-order chi connectivity index (χ0) is 18.7. The average Bonchev–Trinajstić information content (AvgIpc) is 3.09. The Balaban J connectivity index is 1.64. The third kappa shape index (κ3) is 4.64. The quantitative estimate of drug-likeness (QED) is 0.853. The third-order valence-electron chi connectivity index (χ3n) is 5.13. The number of nitrogens with zero attached hydrogens (tertiary/aromatic N) is 2. The number of sulfonamides is 1. The van der Waals surface area contributed by atoms with Gasteiger partial charge in [-0.25, -0.2) is 8.42 Å². The van der Waals surface area contributed by atoms with E-state index in [2.05, 4.69) is 24.1 Å². The van der Waals surface area contributed by atoms with Crippen molar-refractivity contribution in [2.24, 2.45) is 11.8 Å². The topological polar surface area (TPSA) is 69.7 Å². The van der Waals surface area contributed by atoms with Crippen molar-refractivity contribution in [2.75, 3.05) is 38.0 Å². The first-order valence-corrected chi connectivity index (χ1v) is 10.9. The number of hydrogen-bond acceptors (Lipinski definition) is 4. The van der Waals surface area contributed by atoms with Crippen LogP contribution in [0.5, 0.6) is 0 Å². The maximum absolute atomic E-state index is 12.7. The molecule has 2 aliphatic rings. The summed E-state index contributed by atoms with van der Waals surface area (Å²) in [7, 11) is -3.47. The lowest BCUT2D eigenvalue weighted by Crippen LogP contribution is -2.42. The first-order valence-electron chi connectivity index (χ1n) is 9.47. The number of hydrogen-bond donors (Lipinski definition) is 1. The Hall–Kier alpha value is -1.44. The standard InChI is InChI=1S/C19H29N3O3S/c1-15-10-16(2)13-21(12-15)14-19(23)20-17-6-5-7-18(11-17)26(24,25)22-8-3-4-9-22/h5-7,11,15-16H,3-4,8-10,12-14H2,1-2H3,(H,20,23). The normalized spacial score (nSPS) is 25.3. The summed E-state index contributed by atoms with van der Waals surface area (Å²) in [5.74, 6) is 1.10. The molecular formula is C19H29N3O3S. The zero-order valence-electron chi connectivity index (χ0n) is 15.6. The van der Waals surface area contributed by atoms with Crippen LogP contribution in [0, 0.1) is 11.8 Å². The molecule has 1 aromatic carbocycles. The van der Waals surface area contributed by atoms with Crippen LogP contribution in [0.15, 0.2) is 29.2 Å². The molecule has 0 saturated carbocycles. The minimum Gasteiger partial charge on any atom is -0.325 e. The summed E-state index contributed by atoms with van der Waals surface area (Å²) >= 11 is 0. The van der Waals surface area contributed by atoms with E-state index in [4.69, 9.17) is 0 Å².